The average Bonchev–Trinajstić information content (AvgIpc) is 2.70. The van der Waals surface area contributed by atoms with Crippen LogP contribution in [0.3, 0.4) is 0 Å². The molecule has 7 nitrogen and oxygen atoms in total. The summed E-state index contributed by atoms with van der Waals surface area (Å²) in [7, 11) is 1.59. The van der Waals surface area contributed by atoms with Crippen LogP contribution in [0.4, 0.5) is 0 Å². The van der Waals surface area contributed by atoms with Crippen molar-refractivity contribution in [1.29, 1.82) is 0 Å². The molecule has 0 aliphatic heterocycles. The average molecular weight is 213 g/mol. The van der Waals surface area contributed by atoms with Gasteiger partial charge in [-0.2, -0.15) is 5.21 Å². The highest BCUT2D eigenvalue weighted by atomic mass is 16.5. The third-order valence-electron chi connectivity index (χ3n) is 1.96. The Morgan fingerprint density at radius 1 is 1.60 bits per heavy atom. The van der Waals surface area contributed by atoms with E-state index in [0.717, 1.165) is 0 Å². The topological polar surface area (TPSA) is 84.0 Å². The van der Waals surface area contributed by atoms with Crippen molar-refractivity contribution < 1.29 is 9.53 Å². The van der Waals surface area contributed by atoms with E-state index in [2.05, 4.69) is 20.6 Å². The van der Waals surface area contributed by atoms with Crippen LogP contribution in [0.5, 0.6) is 0 Å². The normalized spacial score (nSPS) is 10.7. The Hall–Kier alpha value is -1.50. The van der Waals surface area contributed by atoms with Gasteiger partial charge in [-0.25, -0.2) is 0 Å². The van der Waals surface area contributed by atoms with Gasteiger partial charge in [-0.1, -0.05) is 0 Å². The summed E-state index contributed by atoms with van der Waals surface area (Å²) in [6, 6.07) is 0.0751. The van der Waals surface area contributed by atoms with Gasteiger partial charge in [0, 0.05) is 19.7 Å². The Bertz CT molecular complexity index is 298. The number of hydrogen-bond donors (Lipinski definition) is 1. The number of nitrogens with zero attached hydrogens (tertiary/aromatic N) is 4. The van der Waals surface area contributed by atoms with Gasteiger partial charge in [-0.15, -0.1) is 10.2 Å². The van der Waals surface area contributed by atoms with Crippen molar-refractivity contribution in [2.24, 2.45) is 0 Å². The molecule has 1 rings (SSSR count). The molecule has 0 aliphatic carbocycles. The van der Waals surface area contributed by atoms with E-state index < -0.39 is 0 Å². The van der Waals surface area contributed by atoms with Crippen LogP contribution in [0.25, 0.3) is 0 Å². The van der Waals surface area contributed by atoms with Crippen molar-refractivity contribution in [3.05, 3.63) is 5.82 Å². The van der Waals surface area contributed by atoms with E-state index >= 15 is 0 Å². The van der Waals surface area contributed by atoms with E-state index in [4.69, 9.17) is 4.74 Å². The SMILES string of the molecule is COCCN(C(=O)c1nn[nH]n1)C(C)C. The predicted molar refractivity (Wildman–Crippen MR) is 52.2 cm³/mol. The number of hydrogen-bond acceptors (Lipinski definition) is 5. The zero-order valence-electron chi connectivity index (χ0n) is 9.10. The molecule has 0 aliphatic rings. The summed E-state index contributed by atoms with van der Waals surface area (Å²) >= 11 is 0. The summed E-state index contributed by atoms with van der Waals surface area (Å²) in [6.45, 7) is 4.85. The Balaban J connectivity index is 2.67. The molecule has 0 atom stereocenters. The minimum atomic E-state index is -0.240. The molecule has 15 heavy (non-hydrogen) atoms. The lowest BCUT2D eigenvalue weighted by atomic mass is 10.3. The van der Waals surface area contributed by atoms with Gasteiger partial charge >= 0.3 is 0 Å². The molecule has 1 aromatic heterocycles. The van der Waals surface area contributed by atoms with Crippen LogP contribution in [0.2, 0.25) is 0 Å². The van der Waals surface area contributed by atoms with Crippen LogP contribution in [0, 0.1) is 0 Å². The summed E-state index contributed by atoms with van der Waals surface area (Å²) in [5, 5.41) is 12.9. The number of amides is 1. The van der Waals surface area contributed by atoms with Gasteiger partial charge in [0.15, 0.2) is 0 Å². The fraction of sp³-hybridized carbons (Fsp3) is 0.750. The van der Waals surface area contributed by atoms with E-state index in [1.807, 2.05) is 13.8 Å². The molecule has 0 bridgehead atoms. The minimum Gasteiger partial charge on any atom is -0.383 e. The van der Waals surface area contributed by atoms with Crippen LogP contribution in [0.15, 0.2) is 0 Å². The molecule has 0 radical (unpaired) electrons. The van der Waals surface area contributed by atoms with E-state index in [-0.39, 0.29) is 17.8 Å². The zero-order valence-corrected chi connectivity index (χ0v) is 9.10. The van der Waals surface area contributed by atoms with Crippen molar-refractivity contribution in [2.45, 2.75) is 19.9 Å². The number of methoxy groups -OCH3 is 1. The molecule has 7 heteroatoms. The molecule has 0 unspecified atom stereocenters. The standard InChI is InChI=1S/C8H15N5O2/c1-6(2)13(4-5-15-3)8(14)7-9-11-12-10-7/h6H,4-5H2,1-3H3,(H,9,10,11,12). The highest BCUT2D eigenvalue weighted by molar-refractivity contribution is 5.90. The molecule has 0 saturated heterocycles. The lowest BCUT2D eigenvalue weighted by Gasteiger charge is -2.24. The van der Waals surface area contributed by atoms with E-state index in [1.54, 1.807) is 12.0 Å². The largest absolute Gasteiger partial charge is 0.383 e. The van der Waals surface area contributed by atoms with Gasteiger partial charge < -0.3 is 9.64 Å². The number of carbonyl (C=O) groups is 1. The molecule has 1 N–H and O–H groups in total. The number of H-pyrrole nitrogens is 1. The van der Waals surface area contributed by atoms with Crippen molar-refractivity contribution in [1.82, 2.24) is 25.5 Å². The first-order valence-electron chi connectivity index (χ1n) is 4.70. The number of nitrogens with one attached hydrogen (secondary N) is 1. The van der Waals surface area contributed by atoms with Crippen LogP contribution in [-0.4, -0.2) is 57.7 Å². The first-order valence-corrected chi connectivity index (χ1v) is 4.70. The summed E-state index contributed by atoms with van der Waals surface area (Å²) in [4.78, 5) is 13.5. The summed E-state index contributed by atoms with van der Waals surface area (Å²) in [5.41, 5.74) is 0. The van der Waals surface area contributed by atoms with Crippen LogP contribution in [0.1, 0.15) is 24.5 Å². The summed E-state index contributed by atoms with van der Waals surface area (Å²) in [6.07, 6.45) is 0. The maximum absolute atomic E-state index is 11.8. The van der Waals surface area contributed by atoms with E-state index in [1.165, 1.54) is 0 Å². The molecule has 0 spiro atoms. The highest BCUT2D eigenvalue weighted by Crippen LogP contribution is 2.02. The van der Waals surface area contributed by atoms with E-state index in [0.29, 0.717) is 13.2 Å². The van der Waals surface area contributed by atoms with Crippen LogP contribution >= 0.6 is 0 Å². The van der Waals surface area contributed by atoms with Crippen molar-refractivity contribution >= 4 is 5.91 Å². The third-order valence-corrected chi connectivity index (χ3v) is 1.96. The monoisotopic (exact) mass is 213 g/mol. The smallest absolute Gasteiger partial charge is 0.295 e. The van der Waals surface area contributed by atoms with Crippen molar-refractivity contribution in [3.8, 4) is 0 Å². The fourth-order valence-electron chi connectivity index (χ4n) is 1.16. The van der Waals surface area contributed by atoms with Gasteiger partial charge in [0.05, 0.1) is 6.61 Å². The fourth-order valence-corrected chi connectivity index (χ4v) is 1.16. The molecule has 1 amide bonds. The Morgan fingerprint density at radius 3 is 2.80 bits per heavy atom. The third kappa shape index (κ3) is 2.98. The second-order valence-corrected chi connectivity index (χ2v) is 3.32. The van der Waals surface area contributed by atoms with Gasteiger partial charge in [-0.3, -0.25) is 4.79 Å². The van der Waals surface area contributed by atoms with Gasteiger partial charge in [0.1, 0.15) is 0 Å². The first kappa shape index (κ1) is 11.6. The van der Waals surface area contributed by atoms with Crippen LogP contribution < -0.4 is 0 Å². The van der Waals surface area contributed by atoms with Crippen LogP contribution in [-0.2, 0) is 4.74 Å². The number of aromatic nitrogens is 4. The quantitative estimate of drug-likeness (QED) is 0.725. The number of tetrazole rings is 1. The Morgan fingerprint density at radius 2 is 2.33 bits per heavy atom. The second kappa shape index (κ2) is 5.40. The number of ether oxygens (including phenoxy) is 1. The molecule has 84 valence electrons. The van der Waals surface area contributed by atoms with Gasteiger partial charge in [0.2, 0.25) is 0 Å². The highest BCUT2D eigenvalue weighted by Gasteiger charge is 2.21. The summed E-state index contributed by atoms with van der Waals surface area (Å²) < 4.78 is 4.93. The van der Waals surface area contributed by atoms with E-state index in [9.17, 15) is 4.79 Å². The van der Waals surface area contributed by atoms with Gasteiger partial charge in [0.25, 0.3) is 11.7 Å². The van der Waals surface area contributed by atoms with Crippen molar-refractivity contribution in [2.75, 3.05) is 20.3 Å². The molecule has 0 saturated carbocycles. The summed E-state index contributed by atoms with van der Waals surface area (Å²) in [5.74, 6) is -0.157. The lowest BCUT2D eigenvalue weighted by molar-refractivity contribution is 0.0623. The maximum Gasteiger partial charge on any atom is 0.295 e. The Kier molecular flexibility index (Phi) is 4.17. The Labute approximate surface area is 87.8 Å². The molecule has 0 fully saturated rings. The van der Waals surface area contributed by atoms with Crippen molar-refractivity contribution in [3.63, 3.8) is 0 Å². The number of carbonyl (C=O) groups excluding carboxylic acids is 1. The zero-order chi connectivity index (χ0) is 11.3. The molecule has 1 aromatic rings. The molecular formula is C8H15N5O2. The molecular weight excluding hydrogens is 198 g/mol. The molecule has 0 aromatic carbocycles. The maximum atomic E-state index is 11.8. The lowest BCUT2D eigenvalue weighted by Crippen LogP contribution is -2.39. The number of aromatic amines is 1. The first-order chi connectivity index (χ1) is 7.16. The minimum absolute atomic E-state index is 0.0751. The second-order valence-electron chi connectivity index (χ2n) is 3.32. The van der Waals surface area contributed by atoms with Gasteiger partial charge in [-0.05, 0) is 19.1 Å². The number of rotatable bonds is 5. The molecule has 1 heterocycles. The predicted octanol–water partition coefficient (Wildman–Crippen LogP) is -0.303.